The lowest BCUT2D eigenvalue weighted by Gasteiger charge is -2.17. The summed E-state index contributed by atoms with van der Waals surface area (Å²) in [5.74, 6) is 0.469. The fourth-order valence-corrected chi connectivity index (χ4v) is 2.40. The lowest BCUT2D eigenvalue weighted by atomic mass is 10.3. The topological polar surface area (TPSA) is 71.5 Å². The third-order valence-electron chi connectivity index (χ3n) is 2.70. The van der Waals surface area contributed by atoms with Crippen LogP contribution in [0.2, 0.25) is 0 Å². The van der Waals surface area contributed by atoms with E-state index < -0.39 is 10.2 Å². The van der Waals surface area contributed by atoms with Crippen LogP contribution in [-0.4, -0.2) is 38.4 Å². The van der Waals surface area contributed by atoms with Gasteiger partial charge in [0, 0.05) is 32.4 Å². The van der Waals surface area contributed by atoms with Gasteiger partial charge in [0.1, 0.15) is 0 Å². The van der Waals surface area contributed by atoms with E-state index in [1.54, 1.807) is 25.4 Å². The number of hydrogen-bond donors (Lipinski definition) is 1. The van der Waals surface area contributed by atoms with Crippen molar-refractivity contribution in [1.82, 2.24) is 14.0 Å². The number of pyridine rings is 1. The van der Waals surface area contributed by atoms with Crippen molar-refractivity contribution in [3.63, 3.8) is 0 Å². The monoisotopic (exact) mass is 287 g/mol. The minimum absolute atomic E-state index is 0.220. The molecule has 1 rings (SSSR count). The second-order valence-electron chi connectivity index (χ2n) is 4.21. The normalized spacial score (nSPS) is 11.8. The summed E-state index contributed by atoms with van der Waals surface area (Å²) in [6, 6.07) is 3.45. The zero-order valence-corrected chi connectivity index (χ0v) is 12.4. The Bertz CT molecular complexity index is 491. The third-order valence-corrected chi connectivity index (χ3v) is 4.22. The van der Waals surface area contributed by atoms with Crippen LogP contribution in [0.25, 0.3) is 0 Å². The molecule has 19 heavy (non-hydrogen) atoms. The number of ether oxygens (including phenoxy) is 1. The molecule has 0 saturated carbocycles. The van der Waals surface area contributed by atoms with Crippen LogP contribution in [0.4, 0.5) is 0 Å². The first kappa shape index (κ1) is 15.9. The van der Waals surface area contributed by atoms with E-state index in [2.05, 4.69) is 9.71 Å². The van der Waals surface area contributed by atoms with Gasteiger partial charge in [-0.25, -0.2) is 4.98 Å². The van der Waals surface area contributed by atoms with E-state index >= 15 is 0 Å². The molecule has 0 aliphatic rings. The highest BCUT2D eigenvalue weighted by Gasteiger charge is 2.16. The van der Waals surface area contributed by atoms with Crippen molar-refractivity contribution < 1.29 is 13.2 Å². The summed E-state index contributed by atoms with van der Waals surface area (Å²) < 4.78 is 32.7. The molecule has 0 bridgehead atoms. The first-order chi connectivity index (χ1) is 8.99. The van der Waals surface area contributed by atoms with Gasteiger partial charge in [0.25, 0.3) is 10.2 Å². The Morgan fingerprint density at radius 2 is 2.21 bits per heavy atom. The maximum Gasteiger partial charge on any atom is 0.279 e. The first-order valence-corrected chi connectivity index (χ1v) is 7.63. The predicted molar refractivity (Wildman–Crippen MR) is 74.1 cm³/mol. The molecule has 0 radical (unpaired) electrons. The number of nitrogens with one attached hydrogen (secondary N) is 1. The van der Waals surface area contributed by atoms with Crippen LogP contribution >= 0.6 is 0 Å². The van der Waals surface area contributed by atoms with Crippen molar-refractivity contribution in [2.24, 2.45) is 0 Å². The van der Waals surface area contributed by atoms with Gasteiger partial charge >= 0.3 is 0 Å². The zero-order chi connectivity index (χ0) is 14.3. The Morgan fingerprint density at radius 3 is 2.84 bits per heavy atom. The summed E-state index contributed by atoms with van der Waals surface area (Å²) in [5.41, 5.74) is 0.805. The van der Waals surface area contributed by atoms with Crippen LogP contribution in [0.15, 0.2) is 18.3 Å². The van der Waals surface area contributed by atoms with Gasteiger partial charge in [-0.05, 0) is 18.1 Å². The summed E-state index contributed by atoms with van der Waals surface area (Å²) in [5, 5.41) is 0. The van der Waals surface area contributed by atoms with Crippen LogP contribution < -0.4 is 9.46 Å². The summed E-state index contributed by atoms with van der Waals surface area (Å²) in [4.78, 5) is 3.97. The lowest BCUT2D eigenvalue weighted by molar-refractivity contribution is 0.397. The van der Waals surface area contributed by atoms with Crippen molar-refractivity contribution in [2.45, 2.75) is 26.3 Å². The van der Waals surface area contributed by atoms with Gasteiger partial charge < -0.3 is 4.74 Å². The van der Waals surface area contributed by atoms with Gasteiger partial charge in [0.2, 0.25) is 5.88 Å². The predicted octanol–water partition coefficient (Wildman–Crippen LogP) is 1.16. The summed E-state index contributed by atoms with van der Waals surface area (Å²) in [6.07, 6.45) is 3.39. The molecule has 1 aromatic heterocycles. The maximum absolute atomic E-state index is 11.9. The van der Waals surface area contributed by atoms with E-state index in [-0.39, 0.29) is 6.54 Å². The average molecular weight is 287 g/mol. The molecule has 0 fully saturated rings. The van der Waals surface area contributed by atoms with Crippen molar-refractivity contribution in [3.05, 3.63) is 23.9 Å². The molecule has 0 aliphatic carbocycles. The van der Waals surface area contributed by atoms with Gasteiger partial charge in [-0.2, -0.15) is 17.4 Å². The second kappa shape index (κ2) is 7.42. The number of nitrogens with zero attached hydrogens (tertiary/aromatic N) is 2. The molecular formula is C12H21N3O3S. The van der Waals surface area contributed by atoms with Crippen molar-refractivity contribution in [3.8, 4) is 5.88 Å². The van der Waals surface area contributed by atoms with Crippen molar-refractivity contribution in [2.75, 3.05) is 20.7 Å². The van der Waals surface area contributed by atoms with Gasteiger partial charge in [-0.3, -0.25) is 0 Å². The van der Waals surface area contributed by atoms with E-state index in [4.69, 9.17) is 4.74 Å². The molecule has 7 heteroatoms. The molecule has 1 N–H and O–H groups in total. The maximum atomic E-state index is 11.9. The van der Waals surface area contributed by atoms with Gasteiger partial charge in [0.05, 0.1) is 7.11 Å². The highest BCUT2D eigenvalue weighted by Crippen LogP contribution is 2.09. The molecule has 108 valence electrons. The Morgan fingerprint density at radius 1 is 1.47 bits per heavy atom. The Kier molecular flexibility index (Phi) is 6.20. The van der Waals surface area contributed by atoms with E-state index in [9.17, 15) is 8.42 Å². The fourth-order valence-electron chi connectivity index (χ4n) is 1.46. The Balaban J connectivity index is 2.59. The van der Waals surface area contributed by atoms with Crippen LogP contribution in [0.1, 0.15) is 25.3 Å². The number of hydrogen-bond acceptors (Lipinski definition) is 4. The minimum Gasteiger partial charge on any atom is -0.481 e. The van der Waals surface area contributed by atoms with Crippen LogP contribution in [0.3, 0.4) is 0 Å². The van der Waals surface area contributed by atoms with E-state index in [1.165, 1.54) is 11.4 Å². The van der Waals surface area contributed by atoms with Crippen LogP contribution in [0, 0.1) is 0 Å². The summed E-state index contributed by atoms with van der Waals surface area (Å²) in [6.45, 7) is 2.76. The lowest BCUT2D eigenvalue weighted by Crippen LogP contribution is -2.38. The number of rotatable bonds is 8. The van der Waals surface area contributed by atoms with Gasteiger partial charge in [-0.15, -0.1) is 0 Å². The molecule has 1 heterocycles. The summed E-state index contributed by atoms with van der Waals surface area (Å²) in [7, 11) is -0.331. The first-order valence-electron chi connectivity index (χ1n) is 6.19. The molecular weight excluding hydrogens is 266 g/mol. The third kappa shape index (κ3) is 5.14. The van der Waals surface area contributed by atoms with Gasteiger partial charge in [-0.1, -0.05) is 13.3 Å². The smallest absolute Gasteiger partial charge is 0.279 e. The molecule has 1 aromatic rings. The van der Waals surface area contributed by atoms with Gasteiger partial charge in [0.15, 0.2) is 0 Å². The number of unbranched alkanes of at least 4 members (excludes halogenated alkanes) is 1. The SMILES string of the molecule is CCCCN(C)S(=O)(=O)NCc1ccnc(OC)c1. The molecule has 0 spiro atoms. The molecule has 0 aromatic carbocycles. The largest absolute Gasteiger partial charge is 0.481 e. The number of methoxy groups -OCH3 is 1. The molecule has 0 amide bonds. The van der Waals surface area contributed by atoms with E-state index in [0.29, 0.717) is 12.4 Å². The summed E-state index contributed by atoms with van der Waals surface area (Å²) >= 11 is 0. The standard InChI is InChI=1S/C12H21N3O3S/c1-4-5-8-15(2)19(16,17)14-10-11-6-7-13-12(9-11)18-3/h6-7,9,14H,4-5,8,10H2,1-3H3. The minimum atomic E-state index is -3.43. The molecule has 6 nitrogen and oxygen atoms in total. The highest BCUT2D eigenvalue weighted by atomic mass is 32.2. The zero-order valence-electron chi connectivity index (χ0n) is 11.6. The fraction of sp³-hybridized carbons (Fsp3) is 0.583. The van der Waals surface area contributed by atoms with E-state index in [1.807, 2.05) is 6.92 Å². The molecule has 0 saturated heterocycles. The number of aromatic nitrogens is 1. The average Bonchev–Trinajstić information content (AvgIpc) is 2.42. The second-order valence-corrected chi connectivity index (χ2v) is 6.07. The van der Waals surface area contributed by atoms with Crippen molar-refractivity contribution in [1.29, 1.82) is 0 Å². The molecule has 0 aliphatic heterocycles. The quantitative estimate of drug-likeness (QED) is 0.778. The van der Waals surface area contributed by atoms with Crippen LogP contribution in [0.5, 0.6) is 5.88 Å². The molecule has 0 atom stereocenters. The van der Waals surface area contributed by atoms with Crippen molar-refractivity contribution >= 4 is 10.2 Å². The van der Waals surface area contributed by atoms with E-state index in [0.717, 1.165) is 18.4 Å². The van der Waals surface area contributed by atoms with Crippen LogP contribution in [-0.2, 0) is 16.8 Å². The Labute approximate surface area is 115 Å². The Hall–Kier alpha value is -1.18. The molecule has 0 unspecified atom stereocenters. The highest BCUT2D eigenvalue weighted by molar-refractivity contribution is 7.87.